The van der Waals surface area contributed by atoms with Crippen molar-refractivity contribution in [3.8, 4) is 0 Å². The fourth-order valence-corrected chi connectivity index (χ4v) is 4.52. The summed E-state index contributed by atoms with van der Waals surface area (Å²) >= 11 is 19.8. The molecule has 3 nitrogen and oxygen atoms in total. The predicted octanol–water partition coefficient (Wildman–Crippen LogP) is 6.35. The highest BCUT2D eigenvalue weighted by atomic mass is 35.5. The number of nitrogens with zero attached hydrogens (tertiary/aromatic N) is 2. The minimum Gasteiger partial charge on any atom is -0.337 e. The third-order valence-corrected chi connectivity index (χ3v) is 6.51. The molecule has 0 bridgehead atoms. The fourth-order valence-electron chi connectivity index (χ4n) is 2.88. The van der Waals surface area contributed by atoms with Crippen molar-refractivity contribution in [2.75, 3.05) is 13.1 Å². The van der Waals surface area contributed by atoms with Crippen molar-refractivity contribution in [2.45, 2.75) is 36.3 Å². The lowest BCUT2D eigenvalue weighted by Crippen LogP contribution is -2.32. The summed E-state index contributed by atoms with van der Waals surface area (Å²) < 4.78 is 0. The second-order valence-electron chi connectivity index (χ2n) is 6.21. The molecule has 3 rings (SSSR count). The van der Waals surface area contributed by atoms with Gasteiger partial charge in [-0.3, -0.25) is 4.79 Å². The lowest BCUT2D eigenvalue weighted by molar-refractivity contribution is 0.0755. The normalized spacial score (nSPS) is 15.0. The molecule has 2 heterocycles. The van der Waals surface area contributed by atoms with Crippen molar-refractivity contribution in [3.05, 3.63) is 56.8 Å². The van der Waals surface area contributed by atoms with Crippen LogP contribution in [0.1, 0.15) is 41.9 Å². The molecule has 0 atom stereocenters. The van der Waals surface area contributed by atoms with Crippen molar-refractivity contribution in [2.24, 2.45) is 0 Å². The largest absolute Gasteiger partial charge is 0.337 e. The third-order valence-electron chi connectivity index (χ3n) is 4.27. The van der Waals surface area contributed by atoms with Crippen molar-refractivity contribution >= 4 is 52.5 Å². The first-order valence-electron chi connectivity index (χ1n) is 8.57. The lowest BCUT2D eigenvalue weighted by atomic mass is 10.2. The molecule has 1 aliphatic rings. The van der Waals surface area contributed by atoms with Crippen LogP contribution in [0.2, 0.25) is 15.1 Å². The number of pyridine rings is 1. The second kappa shape index (κ2) is 9.32. The van der Waals surface area contributed by atoms with Gasteiger partial charge in [0.15, 0.2) is 0 Å². The molecule has 1 aromatic carbocycles. The van der Waals surface area contributed by atoms with E-state index in [1.54, 1.807) is 18.2 Å². The number of rotatable bonds is 4. The Hall–Kier alpha value is -0.940. The van der Waals surface area contributed by atoms with E-state index in [2.05, 4.69) is 4.98 Å². The molecule has 1 amide bonds. The van der Waals surface area contributed by atoms with E-state index in [1.165, 1.54) is 24.6 Å². The standard InChI is InChI=1S/C19H19Cl3N2OS/c20-14-10-16(22)18(11-15(14)21)26-12-13-6-5-7-17(23-13)19(25)24-8-3-1-2-4-9-24/h5-7,10-11H,1-4,8-9,12H2. The van der Waals surface area contributed by atoms with E-state index in [4.69, 9.17) is 34.8 Å². The van der Waals surface area contributed by atoms with Crippen LogP contribution in [0, 0.1) is 0 Å². The molecule has 1 saturated heterocycles. The van der Waals surface area contributed by atoms with E-state index in [0.29, 0.717) is 26.5 Å². The van der Waals surface area contributed by atoms with Gasteiger partial charge in [-0.15, -0.1) is 11.8 Å². The van der Waals surface area contributed by atoms with Crippen molar-refractivity contribution in [3.63, 3.8) is 0 Å². The molecule has 7 heteroatoms. The fraction of sp³-hybridized carbons (Fsp3) is 0.368. The Bertz CT molecular complexity index is 792. The van der Waals surface area contributed by atoms with Crippen molar-refractivity contribution < 1.29 is 4.79 Å². The number of aromatic nitrogens is 1. The predicted molar refractivity (Wildman–Crippen MR) is 110 cm³/mol. The van der Waals surface area contributed by atoms with Crippen LogP contribution in [-0.2, 0) is 5.75 Å². The van der Waals surface area contributed by atoms with E-state index >= 15 is 0 Å². The summed E-state index contributed by atoms with van der Waals surface area (Å²) in [4.78, 5) is 20.0. The van der Waals surface area contributed by atoms with Gasteiger partial charge in [-0.1, -0.05) is 53.7 Å². The summed E-state index contributed by atoms with van der Waals surface area (Å²) in [5.74, 6) is 0.616. The zero-order chi connectivity index (χ0) is 18.5. The van der Waals surface area contributed by atoms with E-state index in [-0.39, 0.29) is 5.91 Å². The van der Waals surface area contributed by atoms with Crippen LogP contribution in [0.15, 0.2) is 35.2 Å². The highest BCUT2D eigenvalue weighted by Gasteiger charge is 2.18. The summed E-state index contributed by atoms with van der Waals surface area (Å²) in [5, 5.41) is 1.46. The summed E-state index contributed by atoms with van der Waals surface area (Å²) in [7, 11) is 0. The van der Waals surface area contributed by atoms with Gasteiger partial charge in [0.2, 0.25) is 0 Å². The van der Waals surface area contributed by atoms with Gasteiger partial charge in [0, 0.05) is 23.7 Å². The number of carbonyl (C=O) groups excluding carboxylic acids is 1. The number of likely N-dealkylation sites (tertiary alicyclic amines) is 1. The van der Waals surface area contributed by atoms with E-state index in [0.717, 1.165) is 36.5 Å². The van der Waals surface area contributed by atoms with Crippen LogP contribution in [0.4, 0.5) is 0 Å². The van der Waals surface area contributed by atoms with E-state index in [9.17, 15) is 4.79 Å². The van der Waals surface area contributed by atoms with Gasteiger partial charge < -0.3 is 4.90 Å². The molecule has 1 fully saturated rings. The number of benzene rings is 1. The molecule has 0 spiro atoms. The topological polar surface area (TPSA) is 33.2 Å². The first kappa shape index (κ1) is 19.8. The lowest BCUT2D eigenvalue weighted by Gasteiger charge is -2.20. The van der Waals surface area contributed by atoms with E-state index in [1.807, 2.05) is 17.0 Å². The number of thioether (sulfide) groups is 1. The Labute approximate surface area is 173 Å². The minimum absolute atomic E-state index is 0.0197. The SMILES string of the molecule is O=C(c1cccc(CSc2cc(Cl)c(Cl)cc2Cl)n1)N1CCCCCC1. The van der Waals surface area contributed by atoms with Gasteiger partial charge >= 0.3 is 0 Å². The molecule has 1 aromatic heterocycles. The highest BCUT2D eigenvalue weighted by molar-refractivity contribution is 7.98. The molecule has 0 unspecified atom stereocenters. The number of halogens is 3. The highest BCUT2D eigenvalue weighted by Crippen LogP contribution is 2.35. The second-order valence-corrected chi connectivity index (χ2v) is 8.44. The molecule has 0 radical (unpaired) electrons. The molecular formula is C19H19Cl3N2OS. The molecule has 0 N–H and O–H groups in total. The summed E-state index contributed by atoms with van der Waals surface area (Å²) in [6.45, 7) is 1.64. The van der Waals surface area contributed by atoms with Crippen molar-refractivity contribution in [1.82, 2.24) is 9.88 Å². The monoisotopic (exact) mass is 428 g/mol. The molecule has 26 heavy (non-hydrogen) atoms. The van der Waals surface area contributed by atoms with Gasteiger partial charge in [-0.25, -0.2) is 4.98 Å². The van der Waals surface area contributed by atoms with Gasteiger partial charge in [0.05, 0.1) is 20.8 Å². The molecule has 0 aliphatic carbocycles. The Kier molecular flexibility index (Phi) is 7.10. The van der Waals surface area contributed by atoms with Crippen molar-refractivity contribution in [1.29, 1.82) is 0 Å². The third kappa shape index (κ3) is 5.07. The van der Waals surface area contributed by atoms with Gasteiger partial charge in [-0.2, -0.15) is 0 Å². The quantitative estimate of drug-likeness (QED) is 0.419. The summed E-state index contributed by atoms with van der Waals surface area (Å²) in [6.07, 6.45) is 4.52. The number of carbonyl (C=O) groups is 1. The molecule has 2 aromatic rings. The molecule has 1 aliphatic heterocycles. The van der Waals surface area contributed by atoms with Crippen LogP contribution in [0.3, 0.4) is 0 Å². The molecule has 0 saturated carbocycles. The van der Waals surface area contributed by atoms with Crippen LogP contribution in [-0.4, -0.2) is 28.9 Å². The van der Waals surface area contributed by atoms with E-state index < -0.39 is 0 Å². The Balaban J connectivity index is 1.69. The van der Waals surface area contributed by atoms with Crippen LogP contribution < -0.4 is 0 Å². The first-order valence-corrected chi connectivity index (χ1v) is 10.7. The molecular weight excluding hydrogens is 411 g/mol. The van der Waals surface area contributed by atoms with Gasteiger partial charge in [-0.05, 0) is 37.1 Å². The first-order chi connectivity index (χ1) is 12.5. The molecule has 138 valence electrons. The average Bonchev–Trinajstić information content (AvgIpc) is 2.92. The summed E-state index contributed by atoms with van der Waals surface area (Å²) in [6, 6.07) is 8.97. The maximum absolute atomic E-state index is 12.7. The maximum Gasteiger partial charge on any atom is 0.272 e. The van der Waals surface area contributed by atoms with Crippen LogP contribution >= 0.6 is 46.6 Å². The number of hydrogen-bond acceptors (Lipinski definition) is 3. The van der Waals surface area contributed by atoms with Gasteiger partial charge in [0.1, 0.15) is 5.69 Å². The van der Waals surface area contributed by atoms with Gasteiger partial charge in [0.25, 0.3) is 5.91 Å². The maximum atomic E-state index is 12.7. The zero-order valence-corrected chi connectivity index (χ0v) is 17.3. The Morgan fingerprint density at radius 2 is 1.69 bits per heavy atom. The summed E-state index contributed by atoms with van der Waals surface area (Å²) in [5.41, 5.74) is 1.34. The Morgan fingerprint density at radius 3 is 2.42 bits per heavy atom. The zero-order valence-electron chi connectivity index (χ0n) is 14.2. The van der Waals surface area contributed by atoms with Crippen LogP contribution in [0.5, 0.6) is 0 Å². The van der Waals surface area contributed by atoms with Crippen LogP contribution in [0.25, 0.3) is 0 Å². The number of hydrogen-bond donors (Lipinski definition) is 0. The average molecular weight is 430 g/mol. The minimum atomic E-state index is 0.0197. The number of amides is 1. The Morgan fingerprint density at radius 1 is 1.00 bits per heavy atom. The smallest absolute Gasteiger partial charge is 0.272 e.